The Bertz CT molecular complexity index is 101. The van der Waals surface area contributed by atoms with Gasteiger partial charge < -0.3 is 0 Å². The van der Waals surface area contributed by atoms with E-state index in [0.29, 0.717) is 0 Å². The van der Waals surface area contributed by atoms with Crippen molar-refractivity contribution in [2.24, 2.45) is 17.3 Å². The topological polar surface area (TPSA) is 0 Å². The SMILES string of the molecule is CCC1(CC)C(C)CC1C. The van der Waals surface area contributed by atoms with Crippen molar-refractivity contribution in [3.63, 3.8) is 0 Å². The predicted molar refractivity (Wildman–Crippen MR) is 46.0 cm³/mol. The van der Waals surface area contributed by atoms with Crippen molar-refractivity contribution < 1.29 is 0 Å². The van der Waals surface area contributed by atoms with Crippen LogP contribution in [-0.4, -0.2) is 0 Å². The lowest BCUT2D eigenvalue weighted by Gasteiger charge is -2.53. The van der Waals surface area contributed by atoms with Crippen LogP contribution in [0.4, 0.5) is 0 Å². The minimum atomic E-state index is 0.722. The van der Waals surface area contributed by atoms with Gasteiger partial charge in [0.2, 0.25) is 0 Å². The van der Waals surface area contributed by atoms with Gasteiger partial charge in [0.05, 0.1) is 0 Å². The van der Waals surface area contributed by atoms with E-state index in [1.165, 1.54) is 19.3 Å². The summed E-state index contributed by atoms with van der Waals surface area (Å²) in [6.07, 6.45) is 4.22. The normalized spacial score (nSPS) is 37.2. The Labute approximate surface area is 65.0 Å². The Morgan fingerprint density at radius 3 is 1.60 bits per heavy atom. The van der Waals surface area contributed by atoms with Crippen molar-refractivity contribution in [1.29, 1.82) is 0 Å². The van der Waals surface area contributed by atoms with Crippen LogP contribution in [0.5, 0.6) is 0 Å². The highest BCUT2D eigenvalue weighted by molar-refractivity contribution is 4.96. The van der Waals surface area contributed by atoms with Crippen molar-refractivity contribution in [3.8, 4) is 0 Å². The van der Waals surface area contributed by atoms with Gasteiger partial charge in [0.25, 0.3) is 0 Å². The Morgan fingerprint density at radius 2 is 1.50 bits per heavy atom. The van der Waals surface area contributed by atoms with Gasteiger partial charge in [-0.3, -0.25) is 0 Å². The standard InChI is InChI=1S/C10H20/c1-5-10(6-2)8(3)7-9(10)4/h8-9H,5-7H2,1-4H3. The second kappa shape index (κ2) is 2.56. The smallest absolute Gasteiger partial charge is 0.0251 e. The molecule has 0 bridgehead atoms. The fraction of sp³-hybridized carbons (Fsp3) is 1.00. The molecule has 0 radical (unpaired) electrons. The molecule has 0 amide bonds. The lowest BCUT2D eigenvalue weighted by atomic mass is 9.52. The quantitative estimate of drug-likeness (QED) is 0.551. The molecule has 1 aliphatic carbocycles. The molecule has 0 nitrogen and oxygen atoms in total. The lowest BCUT2D eigenvalue weighted by molar-refractivity contribution is -0.0397. The predicted octanol–water partition coefficient (Wildman–Crippen LogP) is 3.47. The fourth-order valence-corrected chi connectivity index (χ4v) is 2.97. The summed E-state index contributed by atoms with van der Waals surface area (Å²) in [6, 6.07) is 0. The van der Waals surface area contributed by atoms with Gasteiger partial charge in [0.1, 0.15) is 0 Å². The third kappa shape index (κ3) is 0.810. The minimum absolute atomic E-state index is 0.722. The van der Waals surface area contributed by atoms with Crippen molar-refractivity contribution in [1.82, 2.24) is 0 Å². The van der Waals surface area contributed by atoms with Gasteiger partial charge in [-0.05, 0) is 36.5 Å². The highest BCUT2D eigenvalue weighted by Crippen LogP contribution is 2.55. The zero-order valence-electron chi connectivity index (χ0n) is 7.78. The molecule has 0 heteroatoms. The summed E-state index contributed by atoms with van der Waals surface area (Å²) in [4.78, 5) is 0. The monoisotopic (exact) mass is 140 g/mol. The number of hydrogen-bond acceptors (Lipinski definition) is 0. The minimum Gasteiger partial charge on any atom is -0.0648 e. The van der Waals surface area contributed by atoms with Crippen molar-refractivity contribution in [2.45, 2.75) is 47.0 Å². The van der Waals surface area contributed by atoms with Crippen molar-refractivity contribution in [2.75, 3.05) is 0 Å². The van der Waals surface area contributed by atoms with Crippen LogP contribution in [-0.2, 0) is 0 Å². The van der Waals surface area contributed by atoms with E-state index in [2.05, 4.69) is 27.7 Å². The lowest BCUT2D eigenvalue weighted by Crippen LogP contribution is -2.45. The van der Waals surface area contributed by atoms with Crippen LogP contribution < -0.4 is 0 Å². The van der Waals surface area contributed by atoms with Crippen molar-refractivity contribution in [3.05, 3.63) is 0 Å². The van der Waals surface area contributed by atoms with E-state index in [0.717, 1.165) is 17.3 Å². The van der Waals surface area contributed by atoms with Crippen LogP contribution in [0, 0.1) is 17.3 Å². The summed E-state index contributed by atoms with van der Waals surface area (Å²) in [5, 5.41) is 0. The third-order valence-corrected chi connectivity index (χ3v) is 3.99. The highest BCUT2D eigenvalue weighted by atomic mass is 14.5. The molecule has 10 heavy (non-hydrogen) atoms. The van der Waals surface area contributed by atoms with E-state index >= 15 is 0 Å². The molecule has 1 rings (SSSR count). The van der Waals surface area contributed by atoms with E-state index < -0.39 is 0 Å². The molecule has 0 spiro atoms. The molecule has 0 aliphatic heterocycles. The van der Waals surface area contributed by atoms with Crippen LogP contribution in [0.3, 0.4) is 0 Å². The average molecular weight is 140 g/mol. The van der Waals surface area contributed by atoms with Crippen LogP contribution in [0.15, 0.2) is 0 Å². The Hall–Kier alpha value is 0. The Balaban J connectivity index is 2.61. The van der Waals surface area contributed by atoms with Crippen LogP contribution >= 0.6 is 0 Å². The van der Waals surface area contributed by atoms with Gasteiger partial charge in [0, 0.05) is 0 Å². The van der Waals surface area contributed by atoms with E-state index in [9.17, 15) is 0 Å². The molecule has 1 fully saturated rings. The number of hydrogen-bond donors (Lipinski definition) is 0. The first-order valence-corrected chi connectivity index (χ1v) is 4.67. The first-order valence-electron chi connectivity index (χ1n) is 4.67. The van der Waals surface area contributed by atoms with Gasteiger partial charge >= 0.3 is 0 Å². The maximum Gasteiger partial charge on any atom is -0.0251 e. The summed E-state index contributed by atoms with van der Waals surface area (Å²) < 4.78 is 0. The summed E-state index contributed by atoms with van der Waals surface area (Å²) in [6.45, 7) is 9.51. The first-order chi connectivity index (χ1) is 4.67. The molecule has 0 aromatic carbocycles. The number of rotatable bonds is 2. The Kier molecular flexibility index (Phi) is 2.07. The van der Waals surface area contributed by atoms with Crippen LogP contribution in [0.25, 0.3) is 0 Å². The zero-order valence-corrected chi connectivity index (χ0v) is 7.78. The molecule has 1 saturated carbocycles. The molecule has 2 atom stereocenters. The summed E-state index contributed by atoms with van der Waals surface area (Å²) in [5.41, 5.74) is 0.722. The zero-order chi connectivity index (χ0) is 7.78. The molecule has 0 heterocycles. The highest BCUT2D eigenvalue weighted by Gasteiger charge is 2.46. The fourth-order valence-electron chi connectivity index (χ4n) is 2.97. The second-order valence-corrected chi connectivity index (χ2v) is 3.98. The maximum atomic E-state index is 2.41. The van der Waals surface area contributed by atoms with E-state index in [-0.39, 0.29) is 0 Å². The van der Waals surface area contributed by atoms with Gasteiger partial charge in [-0.15, -0.1) is 0 Å². The Morgan fingerprint density at radius 1 is 1.10 bits per heavy atom. The second-order valence-electron chi connectivity index (χ2n) is 3.98. The van der Waals surface area contributed by atoms with E-state index in [4.69, 9.17) is 0 Å². The van der Waals surface area contributed by atoms with E-state index in [1.54, 1.807) is 0 Å². The van der Waals surface area contributed by atoms with Crippen LogP contribution in [0.2, 0.25) is 0 Å². The molecule has 0 aromatic heterocycles. The van der Waals surface area contributed by atoms with Gasteiger partial charge in [0.15, 0.2) is 0 Å². The molecule has 0 aromatic rings. The molecular formula is C10H20. The molecule has 0 saturated heterocycles. The first kappa shape index (κ1) is 8.10. The van der Waals surface area contributed by atoms with Crippen LogP contribution in [0.1, 0.15) is 47.0 Å². The average Bonchev–Trinajstić information content (AvgIpc) is 1.91. The van der Waals surface area contributed by atoms with Gasteiger partial charge in [-0.1, -0.05) is 27.7 Å². The maximum absolute atomic E-state index is 2.41. The molecule has 2 unspecified atom stereocenters. The summed E-state index contributed by atoms with van der Waals surface area (Å²) >= 11 is 0. The molecule has 1 aliphatic rings. The van der Waals surface area contributed by atoms with Crippen molar-refractivity contribution >= 4 is 0 Å². The largest absolute Gasteiger partial charge is 0.0648 e. The summed E-state index contributed by atoms with van der Waals surface area (Å²) in [5.74, 6) is 1.97. The third-order valence-electron chi connectivity index (χ3n) is 3.99. The van der Waals surface area contributed by atoms with E-state index in [1.807, 2.05) is 0 Å². The molecule has 0 N–H and O–H groups in total. The van der Waals surface area contributed by atoms with Gasteiger partial charge in [-0.25, -0.2) is 0 Å². The summed E-state index contributed by atoms with van der Waals surface area (Å²) in [7, 11) is 0. The van der Waals surface area contributed by atoms with Gasteiger partial charge in [-0.2, -0.15) is 0 Å². The molecular weight excluding hydrogens is 120 g/mol. The molecule has 60 valence electrons.